The lowest BCUT2D eigenvalue weighted by Gasteiger charge is -2.09. The van der Waals surface area contributed by atoms with Crippen LogP contribution in [0, 0.1) is 4.64 Å². The molecule has 2 aromatic rings. The fourth-order valence-corrected chi connectivity index (χ4v) is 2.75. The van der Waals surface area contributed by atoms with Gasteiger partial charge in [0.25, 0.3) is 0 Å². The van der Waals surface area contributed by atoms with Crippen LogP contribution < -0.4 is 5.69 Å². The Bertz CT molecular complexity index is 620. The summed E-state index contributed by atoms with van der Waals surface area (Å²) in [5.41, 5.74) is 0.865. The molecular formula is C11H10N2OS2. The van der Waals surface area contributed by atoms with Gasteiger partial charge in [-0.1, -0.05) is 18.3 Å². The highest BCUT2D eigenvalue weighted by molar-refractivity contribution is 7.71. The van der Waals surface area contributed by atoms with Gasteiger partial charge >= 0.3 is 5.69 Å². The van der Waals surface area contributed by atoms with E-state index in [1.807, 2.05) is 28.1 Å². The minimum Gasteiger partial charge on any atom is -0.298 e. The number of thiophene rings is 1. The van der Waals surface area contributed by atoms with Gasteiger partial charge in [-0.25, -0.2) is 4.79 Å². The van der Waals surface area contributed by atoms with Gasteiger partial charge in [0.15, 0.2) is 0 Å². The Morgan fingerprint density at radius 2 is 2.31 bits per heavy atom. The second kappa shape index (κ2) is 3.68. The van der Waals surface area contributed by atoms with Gasteiger partial charge in [-0.15, -0.1) is 11.3 Å². The zero-order valence-electron chi connectivity index (χ0n) is 8.47. The number of aromatic nitrogens is 2. The summed E-state index contributed by atoms with van der Waals surface area (Å²) < 4.78 is 2.34. The van der Waals surface area contributed by atoms with E-state index < -0.39 is 0 Å². The van der Waals surface area contributed by atoms with E-state index >= 15 is 0 Å². The first-order chi connectivity index (χ1) is 7.75. The van der Waals surface area contributed by atoms with Crippen molar-refractivity contribution in [3.05, 3.63) is 38.7 Å². The molecule has 3 nitrogen and oxygen atoms in total. The van der Waals surface area contributed by atoms with Crippen molar-refractivity contribution >= 4 is 23.6 Å². The third-order valence-corrected chi connectivity index (χ3v) is 3.77. The Hall–Kier alpha value is -1.20. The van der Waals surface area contributed by atoms with Gasteiger partial charge in [-0.3, -0.25) is 9.55 Å². The number of rotatable bonds is 2. The number of nitrogens with one attached hydrogen (secondary N) is 1. The Labute approximate surface area is 101 Å². The monoisotopic (exact) mass is 250 g/mol. The van der Waals surface area contributed by atoms with Crippen molar-refractivity contribution in [3.8, 4) is 10.6 Å². The summed E-state index contributed by atoms with van der Waals surface area (Å²) >= 11 is 6.70. The standard InChI is InChI=1S/C11H10N2OS2/c14-11-12-10(15)6-8(9-2-1-5-16-9)13(11)7-3-4-7/h1-2,5-7H,3-4H2,(H,12,14,15). The molecule has 0 radical (unpaired) electrons. The largest absolute Gasteiger partial charge is 0.327 e. The van der Waals surface area contributed by atoms with Crippen LogP contribution in [0.15, 0.2) is 28.4 Å². The highest BCUT2D eigenvalue weighted by Gasteiger charge is 2.27. The lowest BCUT2D eigenvalue weighted by Crippen LogP contribution is -2.23. The molecule has 82 valence electrons. The average Bonchev–Trinajstić information content (AvgIpc) is 2.92. The van der Waals surface area contributed by atoms with Gasteiger partial charge in [0.2, 0.25) is 0 Å². The van der Waals surface area contributed by atoms with Gasteiger partial charge in [0.05, 0.1) is 10.6 Å². The van der Waals surface area contributed by atoms with E-state index in [-0.39, 0.29) is 5.69 Å². The zero-order chi connectivity index (χ0) is 11.1. The number of hydrogen-bond acceptors (Lipinski definition) is 3. The maximum absolute atomic E-state index is 11.9. The molecule has 5 heteroatoms. The Morgan fingerprint density at radius 3 is 2.94 bits per heavy atom. The van der Waals surface area contributed by atoms with E-state index in [2.05, 4.69) is 4.98 Å². The quantitative estimate of drug-likeness (QED) is 0.832. The number of hydrogen-bond donors (Lipinski definition) is 1. The summed E-state index contributed by atoms with van der Waals surface area (Å²) in [5, 5.41) is 2.01. The second-order valence-corrected chi connectivity index (χ2v) is 5.29. The smallest absolute Gasteiger partial charge is 0.298 e. The van der Waals surface area contributed by atoms with Crippen molar-refractivity contribution in [2.24, 2.45) is 0 Å². The molecule has 2 heterocycles. The van der Waals surface area contributed by atoms with Crippen molar-refractivity contribution in [3.63, 3.8) is 0 Å². The predicted molar refractivity (Wildman–Crippen MR) is 67.5 cm³/mol. The van der Waals surface area contributed by atoms with E-state index in [1.54, 1.807) is 11.3 Å². The highest BCUT2D eigenvalue weighted by atomic mass is 32.1. The molecule has 1 aliphatic rings. The molecule has 2 aromatic heterocycles. The molecule has 1 N–H and O–H groups in total. The first-order valence-corrected chi connectivity index (χ1v) is 6.44. The van der Waals surface area contributed by atoms with E-state index in [0.717, 1.165) is 23.4 Å². The Kier molecular flexibility index (Phi) is 2.29. The van der Waals surface area contributed by atoms with Gasteiger partial charge < -0.3 is 0 Å². The van der Waals surface area contributed by atoms with Crippen LogP contribution in [-0.4, -0.2) is 9.55 Å². The molecule has 1 saturated carbocycles. The molecule has 0 aliphatic heterocycles. The van der Waals surface area contributed by atoms with Crippen LogP contribution in [0.1, 0.15) is 18.9 Å². The van der Waals surface area contributed by atoms with Gasteiger partial charge in [-0.2, -0.15) is 0 Å². The van der Waals surface area contributed by atoms with Crippen LogP contribution in [0.4, 0.5) is 0 Å². The minimum absolute atomic E-state index is 0.0848. The molecule has 0 unspecified atom stereocenters. The molecule has 16 heavy (non-hydrogen) atoms. The fraction of sp³-hybridized carbons (Fsp3) is 0.273. The third kappa shape index (κ3) is 1.66. The Morgan fingerprint density at radius 1 is 1.50 bits per heavy atom. The van der Waals surface area contributed by atoms with Gasteiger partial charge in [0.1, 0.15) is 4.64 Å². The third-order valence-electron chi connectivity index (χ3n) is 2.66. The van der Waals surface area contributed by atoms with Crippen LogP contribution in [0.2, 0.25) is 0 Å². The van der Waals surface area contributed by atoms with Crippen LogP contribution in [0.5, 0.6) is 0 Å². The molecule has 1 fully saturated rings. The normalized spacial score (nSPS) is 15.2. The number of nitrogens with zero attached hydrogens (tertiary/aromatic N) is 1. The molecule has 0 bridgehead atoms. The van der Waals surface area contributed by atoms with Crippen molar-refractivity contribution in [1.29, 1.82) is 0 Å². The van der Waals surface area contributed by atoms with Crippen LogP contribution >= 0.6 is 23.6 Å². The van der Waals surface area contributed by atoms with Crippen molar-refractivity contribution in [1.82, 2.24) is 9.55 Å². The van der Waals surface area contributed by atoms with Crippen molar-refractivity contribution in [2.45, 2.75) is 18.9 Å². The lowest BCUT2D eigenvalue weighted by molar-refractivity contribution is 0.688. The maximum atomic E-state index is 11.9. The SMILES string of the molecule is O=c1[nH]c(=S)cc(-c2cccs2)n1C1CC1. The van der Waals surface area contributed by atoms with Gasteiger partial charge in [0, 0.05) is 6.04 Å². The topological polar surface area (TPSA) is 37.8 Å². The molecular weight excluding hydrogens is 240 g/mol. The number of aromatic amines is 1. The van der Waals surface area contributed by atoms with Crippen molar-refractivity contribution < 1.29 is 0 Å². The summed E-state index contributed by atoms with van der Waals surface area (Å²) in [4.78, 5) is 15.7. The predicted octanol–water partition coefficient (Wildman–Crippen LogP) is 2.97. The number of H-pyrrole nitrogens is 1. The van der Waals surface area contributed by atoms with Crippen molar-refractivity contribution in [2.75, 3.05) is 0 Å². The molecule has 1 aliphatic carbocycles. The average molecular weight is 250 g/mol. The van der Waals surface area contributed by atoms with E-state index in [0.29, 0.717) is 10.7 Å². The first kappa shape index (κ1) is 9.99. The summed E-state index contributed by atoms with van der Waals surface area (Å²) in [6, 6.07) is 6.24. The van der Waals surface area contributed by atoms with Crippen LogP contribution in [0.3, 0.4) is 0 Å². The lowest BCUT2D eigenvalue weighted by atomic mass is 10.3. The molecule has 0 atom stereocenters. The van der Waals surface area contributed by atoms with E-state index in [1.165, 1.54) is 0 Å². The minimum atomic E-state index is -0.0848. The first-order valence-electron chi connectivity index (χ1n) is 5.15. The summed E-state index contributed by atoms with van der Waals surface area (Å²) in [5.74, 6) is 0. The van der Waals surface area contributed by atoms with E-state index in [9.17, 15) is 4.79 Å². The summed E-state index contributed by atoms with van der Waals surface area (Å²) in [6.45, 7) is 0. The van der Waals surface area contributed by atoms with Crippen LogP contribution in [0.25, 0.3) is 10.6 Å². The maximum Gasteiger partial charge on any atom is 0.327 e. The van der Waals surface area contributed by atoms with Gasteiger partial charge in [-0.05, 0) is 30.4 Å². The highest BCUT2D eigenvalue weighted by Crippen LogP contribution is 2.37. The fourth-order valence-electron chi connectivity index (χ4n) is 1.81. The van der Waals surface area contributed by atoms with E-state index in [4.69, 9.17) is 12.2 Å². The summed E-state index contributed by atoms with van der Waals surface area (Å²) in [7, 11) is 0. The second-order valence-electron chi connectivity index (χ2n) is 3.90. The zero-order valence-corrected chi connectivity index (χ0v) is 10.1. The molecule has 0 saturated heterocycles. The van der Waals surface area contributed by atoms with Crippen LogP contribution in [-0.2, 0) is 0 Å². The molecule has 0 aromatic carbocycles. The Balaban J connectivity index is 2.30. The molecule has 0 spiro atoms. The molecule has 0 amide bonds. The summed E-state index contributed by atoms with van der Waals surface area (Å²) in [6.07, 6.45) is 2.17. The molecule has 3 rings (SSSR count).